The molecule has 1 N–H and O–H groups in total. The van der Waals surface area contributed by atoms with Gasteiger partial charge in [0, 0.05) is 17.0 Å². The molecular weight excluding hydrogens is 202 g/mol. The van der Waals surface area contributed by atoms with Gasteiger partial charge in [-0.05, 0) is 12.1 Å². The Morgan fingerprint density at radius 1 is 1.29 bits per heavy atom. The zero-order valence-corrected chi connectivity index (χ0v) is 7.82. The Morgan fingerprint density at radius 3 is 2.79 bits per heavy atom. The van der Waals surface area contributed by atoms with Crippen LogP contribution >= 0.6 is 0 Å². The largest absolute Gasteiger partial charge is 0.295 e. The molecule has 0 aliphatic rings. The van der Waals surface area contributed by atoms with Crippen molar-refractivity contribution < 1.29 is 13.0 Å². The summed E-state index contributed by atoms with van der Waals surface area (Å²) in [6, 6.07) is 6.07. The van der Waals surface area contributed by atoms with Crippen LogP contribution in [0.2, 0.25) is 0 Å². The summed E-state index contributed by atoms with van der Waals surface area (Å²) in [7, 11) is -4.18. The number of pyridine rings is 1. The van der Waals surface area contributed by atoms with Crippen molar-refractivity contribution in [2.24, 2.45) is 0 Å². The van der Waals surface area contributed by atoms with Crippen LogP contribution < -0.4 is 0 Å². The van der Waals surface area contributed by atoms with Gasteiger partial charge in [0.1, 0.15) is 4.90 Å². The van der Waals surface area contributed by atoms with Crippen LogP contribution in [0.15, 0.2) is 35.4 Å². The lowest BCUT2D eigenvalue weighted by Gasteiger charge is -2.01. The maximum absolute atomic E-state index is 11.0. The Balaban J connectivity index is 2.92. The quantitative estimate of drug-likeness (QED) is 0.717. The van der Waals surface area contributed by atoms with Crippen molar-refractivity contribution in [3.05, 3.63) is 36.7 Å². The number of benzene rings is 1. The van der Waals surface area contributed by atoms with Gasteiger partial charge in [-0.25, -0.2) is 0 Å². The molecule has 1 radical (unpaired) electrons. The van der Waals surface area contributed by atoms with Gasteiger partial charge in [0.25, 0.3) is 10.1 Å². The first-order chi connectivity index (χ1) is 6.59. The van der Waals surface area contributed by atoms with Crippen LogP contribution in [0.5, 0.6) is 0 Å². The fraction of sp³-hybridized carbons (Fsp3) is 0. The molecular formula is C9H6NO3S. The van der Waals surface area contributed by atoms with E-state index in [9.17, 15) is 8.42 Å². The molecule has 0 amide bonds. The zero-order valence-electron chi connectivity index (χ0n) is 7.01. The van der Waals surface area contributed by atoms with E-state index in [-0.39, 0.29) is 4.90 Å². The van der Waals surface area contributed by atoms with Gasteiger partial charge in [-0.3, -0.25) is 9.54 Å². The predicted molar refractivity (Wildman–Crippen MR) is 50.4 cm³/mol. The molecule has 2 aromatic rings. The van der Waals surface area contributed by atoms with Gasteiger partial charge in [0.05, 0.1) is 6.20 Å². The number of fused-ring (bicyclic) bond motifs is 1. The molecule has 2 rings (SSSR count). The highest BCUT2D eigenvalue weighted by molar-refractivity contribution is 7.86. The van der Waals surface area contributed by atoms with Crippen LogP contribution in [-0.2, 0) is 10.1 Å². The summed E-state index contributed by atoms with van der Waals surface area (Å²) in [6.45, 7) is 0. The van der Waals surface area contributed by atoms with Crippen LogP contribution in [0, 0.1) is 6.20 Å². The standard InChI is InChI=1S/C9H6NO3S/c11-14(12,13)9-3-1-2-7-6-10-5-4-8(7)9/h1-5H,(H,11,12,13). The first-order valence-electron chi connectivity index (χ1n) is 3.82. The van der Waals surface area contributed by atoms with E-state index in [0.29, 0.717) is 10.8 Å². The van der Waals surface area contributed by atoms with E-state index in [1.807, 2.05) is 0 Å². The van der Waals surface area contributed by atoms with Gasteiger partial charge < -0.3 is 0 Å². The number of aromatic nitrogens is 1. The van der Waals surface area contributed by atoms with E-state index < -0.39 is 10.1 Å². The summed E-state index contributed by atoms with van der Waals surface area (Å²) in [4.78, 5) is 3.62. The molecule has 0 saturated carbocycles. The van der Waals surface area contributed by atoms with Crippen molar-refractivity contribution in [3.8, 4) is 0 Å². The van der Waals surface area contributed by atoms with Gasteiger partial charge in [-0.1, -0.05) is 12.1 Å². The van der Waals surface area contributed by atoms with Crippen LogP contribution in [0.4, 0.5) is 0 Å². The van der Waals surface area contributed by atoms with E-state index in [1.165, 1.54) is 24.4 Å². The van der Waals surface area contributed by atoms with Crippen molar-refractivity contribution >= 4 is 20.9 Å². The normalized spacial score (nSPS) is 11.8. The molecule has 0 unspecified atom stereocenters. The van der Waals surface area contributed by atoms with Gasteiger partial charge in [-0.2, -0.15) is 8.42 Å². The Labute approximate surface area is 81.0 Å². The van der Waals surface area contributed by atoms with Gasteiger partial charge in [-0.15, -0.1) is 0 Å². The van der Waals surface area contributed by atoms with Crippen molar-refractivity contribution in [1.29, 1.82) is 0 Å². The Morgan fingerprint density at radius 2 is 2.07 bits per heavy atom. The predicted octanol–water partition coefficient (Wildman–Crippen LogP) is 1.28. The molecule has 0 aliphatic heterocycles. The molecule has 0 saturated heterocycles. The van der Waals surface area contributed by atoms with E-state index in [2.05, 4.69) is 11.2 Å². The molecule has 0 aliphatic carbocycles. The first-order valence-corrected chi connectivity index (χ1v) is 5.26. The second kappa shape index (κ2) is 3.04. The molecule has 0 bridgehead atoms. The monoisotopic (exact) mass is 208 g/mol. The summed E-state index contributed by atoms with van der Waals surface area (Å²) in [5.74, 6) is 0. The third kappa shape index (κ3) is 1.47. The van der Waals surface area contributed by atoms with Crippen LogP contribution in [0.3, 0.4) is 0 Å². The number of hydrogen-bond acceptors (Lipinski definition) is 3. The lowest BCUT2D eigenvalue weighted by molar-refractivity contribution is 0.484. The minimum Gasteiger partial charge on any atom is -0.282 e. The summed E-state index contributed by atoms with van der Waals surface area (Å²) in [5, 5.41) is 0.979. The highest BCUT2D eigenvalue weighted by Crippen LogP contribution is 2.20. The van der Waals surface area contributed by atoms with E-state index in [0.717, 1.165) is 0 Å². The SMILES string of the molecule is O=S(=O)(O)c1cccc2[c]nccc12. The highest BCUT2D eigenvalue weighted by atomic mass is 32.2. The molecule has 0 fully saturated rings. The number of rotatable bonds is 1. The summed E-state index contributed by atoms with van der Waals surface area (Å²) in [6.07, 6.45) is 4.07. The minimum atomic E-state index is -4.18. The summed E-state index contributed by atoms with van der Waals surface area (Å²) >= 11 is 0. The molecule has 0 atom stereocenters. The molecule has 1 aromatic carbocycles. The van der Waals surface area contributed by atoms with Crippen molar-refractivity contribution in [3.63, 3.8) is 0 Å². The lowest BCUT2D eigenvalue weighted by atomic mass is 10.2. The summed E-state index contributed by atoms with van der Waals surface area (Å²) < 4.78 is 30.9. The first kappa shape index (κ1) is 9.11. The molecule has 4 nitrogen and oxygen atoms in total. The average molecular weight is 208 g/mol. The second-order valence-corrected chi connectivity index (χ2v) is 4.14. The van der Waals surface area contributed by atoms with Crippen molar-refractivity contribution in [1.82, 2.24) is 4.98 Å². The van der Waals surface area contributed by atoms with Gasteiger partial charge >= 0.3 is 0 Å². The highest BCUT2D eigenvalue weighted by Gasteiger charge is 2.12. The number of nitrogens with zero attached hydrogens (tertiary/aromatic N) is 1. The van der Waals surface area contributed by atoms with Crippen LogP contribution in [0.25, 0.3) is 10.8 Å². The fourth-order valence-electron chi connectivity index (χ4n) is 1.26. The average Bonchev–Trinajstić information content (AvgIpc) is 2.15. The van der Waals surface area contributed by atoms with E-state index in [4.69, 9.17) is 4.55 Å². The van der Waals surface area contributed by atoms with E-state index >= 15 is 0 Å². The maximum atomic E-state index is 11.0. The lowest BCUT2D eigenvalue weighted by Crippen LogP contribution is -1.98. The third-order valence-electron chi connectivity index (χ3n) is 1.84. The Hall–Kier alpha value is -1.46. The topological polar surface area (TPSA) is 67.3 Å². The smallest absolute Gasteiger partial charge is 0.282 e. The Kier molecular flexibility index (Phi) is 1.98. The molecule has 1 heterocycles. The molecule has 5 heteroatoms. The molecule has 1 aromatic heterocycles. The van der Waals surface area contributed by atoms with Gasteiger partial charge in [0.2, 0.25) is 0 Å². The third-order valence-corrected chi connectivity index (χ3v) is 2.76. The van der Waals surface area contributed by atoms with Crippen LogP contribution in [0.1, 0.15) is 0 Å². The van der Waals surface area contributed by atoms with Crippen molar-refractivity contribution in [2.45, 2.75) is 4.90 Å². The van der Waals surface area contributed by atoms with E-state index in [1.54, 1.807) is 6.07 Å². The zero-order chi connectivity index (χ0) is 10.2. The Bertz CT molecular complexity index is 572. The second-order valence-electron chi connectivity index (χ2n) is 2.75. The van der Waals surface area contributed by atoms with Crippen molar-refractivity contribution in [2.75, 3.05) is 0 Å². The number of hydrogen-bond donors (Lipinski definition) is 1. The molecule has 71 valence electrons. The minimum absolute atomic E-state index is 0.117. The maximum Gasteiger partial charge on any atom is 0.295 e. The van der Waals surface area contributed by atoms with Gasteiger partial charge in [0.15, 0.2) is 0 Å². The molecule has 14 heavy (non-hydrogen) atoms. The molecule has 0 spiro atoms. The van der Waals surface area contributed by atoms with Crippen LogP contribution in [-0.4, -0.2) is 18.0 Å². The fourth-order valence-corrected chi connectivity index (χ4v) is 1.96. The summed E-state index contributed by atoms with van der Waals surface area (Å²) in [5.41, 5.74) is 0.